The molecule has 1 saturated heterocycles. The monoisotopic (exact) mass is 252 g/mol. The zero-order valence-corrected chi connectivity index (χ0v) is 11.0. The summed E-state index contributed by atoms with van der Waals surface area (Å²) in [5.41, 5.74) is 0.468. The van der Waals surface area contributed by atoms with Crippen LogP contribution >= 0.6 is 0 Å². The van der Waals surface area contributed by atoms with Crippen LogP contribution in [0.3, 0.4) is 0 Å². The summed E-state index contributed by atoms with van der Waals surface area (Å²) >= 11 is 0. The minimum Gasteiger partial charge on any atom is -0.476 e. The fourth-order valence-electron chi connectivity index (χ4n) is 2.13. The molecule has 1 aliphatic rings. The van der Waals surface area contributed by atoms with E-state index in [0.717, 1.165) is 19.6 Å². The molecule has 6 nitrogen and oxygen atoms in total. The van der Waals surface area contributed by atoms with Gasteiger partial charge in [-0.2, -0.15) is 0 Å². The third-order valence-electron chi connectivity index (χ3n) is 3.61. The van der Waals surface area contributed by atoms with Gasteiger partial charge in [0, 0.05) is 6.54 Å². The minimum absolute atomic E-state index is 0.00905. The normalized spacial score (nSPS) is 19.9. The maximum Gasteiger partial charge on any atom is 0.358 e. The van der Waals surface area contributed by atoms with Gasteiger partial charge in [-0.1, -0.05) is 19.1 Å². The van der Waals surface area contributed by atoms with Gasteiger partial charge in [0.2, 0.25) is 0 Å². The van der Waals surface area contributed by atoms with Crippen molar-refractivity contribution < 1.29 is 9.90 Å². The van der Waals surface area contributed by atoms with Gasteiger partial charge in [0.25, 0.3) is 0 Å². The summed E-state index contributed by atoms with van der Waals surface area (Å²) in [7, 11) is 0. The predicted octanol–water partition coefficient (Wildman–Crippen LogP) is 1.10. The van der Waals surface area contributed by atoms with Crippen LogP contribution in [0.15, 0.2) is 6.20 Å². The molecule has 6 heteroatoms. The van der Waals surface area contributed by atoms with Crippen LogP contribution in [0.5, 0.6) is 0 Å². The zero-order valence-electron chi connectivity index (χ0n) is 11.0. The number of aromatic nitrogens is 3. The molecule has 0 spiro atoms. The summed E-state index contributed by atoms with van der Waals surface area (Å²) in [5.74, 6) is -1.03. The van der Waals surface area contributed by atoms with Crippen LogP contribution < -0.4 is 0 Å². The van der Waals surface area contributed by atoms with Gasteiger partial charge in [0.1, 0.15) is 0 Å². The fraction of sp³-hybridized carbons (Fsp3) is 0.750. The lowest BCUT2D eigenvalue weighted by atomic mass is 9.83. The molecule has 0 aliphatic carbocycles. The van der Waals surface area contributed by atoms with Crippen molar-refractivity contribution in [1.82, 2.24) is 19.9 Å². The van der Waals surface area contributed by atoms with Gasteiger partial charge < -0.3 is 10.0 Å². The third-order valence-corrected chi connectivity index (χ3v) is 3.61. The molecule has 1 fully saturated rings. The number of aromatic carboxylic acids is 1. The SMILES string of the molecule is CC1(C)CCN(CCn2cc(C(=O)O)nn2)CC1. The van der Waals surface area contributed by atoms with E-state index in [2.05, 4.69) is 29.1 Å². The fourth-order valence-corrected chi connectivity index (χ4v) is 2.13. The van der Waals surface area contributed by atoms with Gasteiger partial charge in [0.05, 0.1) is 12.7 Å². The highest BCUT2D eigenvalue weighted by molar-refractivity contribution is 5.84. The lowest BCUT2D eigenvalue weighted by Gasteiger charge is -2.36. The summed E-state index contributed by atoms with van der Waals surface area (Å²) < 4.78 is 1.60. The molecule has 0 atom stereocenters. The van der Waals surface area contributed by atoms with Crippen LogP contribution in [0, 0.1) is 5.41 Å². The second-order valence-electron chi connectivity index (χ2n) is 5.68. The number of likely N-dealkylation sites (tertiary alicyclic amines) is 1. The van der Waals surface area contributed by atoms with Gasteiger partial charge in [-0.3, -0.25) is 4.68 Å². The molecule has 0 bridgehead atoms. The molecule has 0 amide bonds. The average Bonchev–Trinajstić information content (AvgIpc) is 2.76. The van der Waals surface area contributed by atoms with Crippen molar-refractivity contribution >= 4 is 5.97 Å². The van der Waals surface area contributed by atoms with Gasteiger partial charge in [-0.25, -0.2) is 4.79 Å². The molecule has 1 aliphatic heterocycles. The Kier molecular flexibility index (Phi) is 3.65. The van der Waals surface area contributed by atoms with Crippen LogP contribution in [0.2, 0.25) is 0 Å². The molecular weight excluding hydrogens is 232 g/mol. The third kappa shape index (κ3) is 3.29. The Morgan fingerprint density at radius 1 is 1.39 bits per heavy atom. The van der Waals surface area contributed by atoms with E-state index in [1.807, 2.05) is 0 Å². The van der Waals surface area contributed by atoms with Gasteiger partial charge >= 0.3 is 5.97 Å². The maximum absolute atomic E-state index is 10.7. The van der Waals surface area contributed by atoms with Crippen molar-refractivity contribution in [2.75, 3.05) is 19.6 Å². The van der Waals surface area contributed by atoms with Crippen molar-refractivity contribution in [3.63, 3.8) is 0 Å². The quantitative estimate of drug-likeness (QED) is 0.868. The Bertz CT molecular complexity index is 417. The van der Waals surface area contributed by atoms with Crippen molar-refractivity contribution in [3.05, 3.63) is 11.9 Å². The van der Waals surface area contributed by atoms with Crippen molar-refractivity contribution in [3.8, 4) is 0 Å². The number of piperidine rings is 1. The van der Waals surface area contributed by atoms with Crippen molar-refractivity contribution in [2.24, 2.45) is 5.41 Å². The van der Waals surface area contributed by atoms with Crippen LogP contribution in [-0.4, -0.2) is 50.6 Å². The Labute approximate surface area is 107 Å². The lowest BCUT2D eigenvalue weighted by molar-refractivity contribution is 0.0690. The van der Waals surface area contributed by atoms with Crippen molar-refractivity contribution in [2.45, 2.75) is 33.2 Å². The molecule has 0 radical (unpaired) electrons. The van der Waals surface area contributed by atoms with E-state index in [4.69, 9.17) is 5.11 Å². The standard InChI is InChI=1S/C12H20N4O2/c1-12(2)3-5-15(6-4-12)7-8-16-9-10(11(17)18)13-14-16/h9H,3-8H2,1-2H3,(H,17,18). The molecule has 0 unspecified atom stereocenters. The molecule has 1 aromatic rings. The number of carboxylic acids is 1. The Balaban J connectivity index is 1.79. The second kappa shape index (κ2) is 5.06. The van der Waals surface area contributed by atoms with Gasteiger partial charge in [-0.05, 0) is 31.3 Å². The molecule has 100 valence electrons. The van der Waals surface area contributed by atoms with Crippen LogP contribution in [0.4, 0.5) is 0 Å². The van der Waals surface area contributed by atoms with E-state index in [-0.39, 0.29) is 5.69 Å². The highest BCUT2D eigenvalue weighted by atomic mass is 16.4. The van der Waals surface area contributed by atoms with Gasteiger partial charge in [0.15, 0.2) is 5.69 Å². The Hall–Kier alpha value is -1.43. The molecule has 2 heterocycles. The van der Waals surface area contributed by atoms with Gasteiger partial charge in [-0.15, -0.1) is 5.10 Å². The zero-order chi connectivity index (χ0) is 13.2. The number of hydrogen-bond acceptors (Lipinski definition) is 4. The number of hydrogen-bond donors (Lipinski definition) is 1. The van der Waals surface area contributed by atoms with E-state index in [1.54, 1.807) is 4.68 Å². The first-order valence-corrected chi connectivity index (χ1v) is 6.32. The summed E-state index contributed by atoms with van der Waals surface area (Å²) in [6.45, 7) is 8.42. The lowest BCUT2D eigenvalue weighted by Crippen LogP contribution is -2.38. The number of nitrogens with zero attached hydrogens (tertiary/aromatic N) is 4. The Morgan fingerprint density at radius 2 is 2.06 bits per heavy atom. The summed E-state index contributed by atoms with van der Waals surface area (Å²) in [4.78, 5) is 13.1. The average molecular weight is 252 g/mol. The number of carboxylic acid groups (broad SMARTS) is 1. The first-order valence-electron chi connectivity index (χ1n) is 6.32. The highest BCUT2D eigenvalue weighted by Gasteiger charge is 2.24. The minimum atomic E-state index is -1.03. The second-order valence-corrected chi connectivity index (χ2v) is 5.68. The highest BCUT2D eigenvalue weighted by Crippen LogP contribution is 2.29. The van der Waals surface area contributed by atoms with Crippen LogP contribution in [0.1, 0.15) is 37.2 Å². The predicted molar refractivity (Wildman–Crippen MR) is 66.4 cm³/mol. The summed E-state index contributed by atoms with van der Waals surface area (Å²) in [5, 5.41) is 16.2. The summed E-state index contributed by atoms with van der Waals surface area (Å²) in [6.07, 6.45) is 3.91. The molecule has 1 N–H and O–H groups in total. The topological polar surface area (TPSA) is 71.2 Å². The van der Waals surface area contributed by atoms with E-state index in [0.29, 0.717) is 12.0 Å². The van der Waals surface area contributed by atoms with E-state index in [1.165, 1.54) is 19.0 Å². The number of rotatable bonds is 4. The molecule has 0 saturated carbocycles. The van der Waals surface area contributed by atoms with E-state index < -0.39 is 5.97 Å². The summed E-state index contributed by atoms with van der Waals surface area (Å²) in [6, 6.07) is 0. The molecule has 2 rings (SSSR count). The molecule has 18 heavy (non-hydrogen) atoms. The first-order chi connectivity index (χ1) is 8.46. The largest absolute Gasteiger partial charge is 0.476 e. The van der Waals surface area contributed by atoms with Crippen LogP contribution in [0.25, 0.3) is 0 Å². The molecule has 1 aromatic heterocycles. The first kappa shape index (κ1) is 13.0. The van der Waals surface area contributed by atoms with E-state index in [9.17, 15) is 4.79 Å². The molecular formula is C12H20N4O2. The van der Waals surface area contributed by atoms with E-state index >= 15 is 0 Å². The number of carbonyl (C=O) groups is 1. The van der Waals surface area contributed by atoms with Crippen molar-refractivity contribution in [1.29, 1.82) is 0 Å². The maximum atomic E-state index is 10.7. The Morgan fingerprint density at radius 3 is 2.61 bits per heavy atom. The smallest absolute Gasteiger partial charge is 0.358 e. The van der Waals surface area contributed by atoms with Crippen LogP contribution in [-0.2, 0) is 6.54 Å². The molecule has 0 aromatic carbocycles.